The summed E-state index contributed by atoms with van der Waals surface area (Å²) in [6.07, 6.45) is -3.59. The predicted octanol–water partition coefficient (Wildman–Crippen LogP) is 3.71. The Morgan fingerprint density at radius 2 is 2.00 bits per heavy atom. The second kappa shape index (κ2) is 9.64. The van der Waals surface area contributed by atoms with E-state index >= 15 is 0 Å². The van der Waals surface area contributed by atoms with Crippen molar-refractivity contribution >= 4 is 22.6 Å². The molecule has 1 fully saturated rings. The molecule has 2 aliphatic heterocycles. The average molecular weight is 502 g/mol. The molecule has 0 bridgehead atoms. The van der Waals surface area contributed by atoms with Crippen molar-refractivity contribution in [1.82, 2.24) is 14.9 Å². The van der Waals surface area contributed by atoms with Crippen LogP contribution in [0.3, 0.4) is 0 Å². The normalized spacial score (nSPS) is 19.9. The van der Waals surface area contributed by atoms with Gasteiger partial charge >= 0.3 is 6.18 Å². The first-order valence-electron chi connectivity index (χ1n) is 11.5. The fourth-order valence-corrected chi connectivity index (χ4v) is 4.75. The second-order valence-electron chi connectivity index (χ2n) is 8.85. The molecule has 1 saturated heterocycles. The first kappa shape index (κ1) is 24.4. The van der Waals surface area contributed by atoms with Gasteiger partial charge in [-0.2, -0.15) is 13.2 Å². The molecule has 0 spiro atoms. The maximum atomic E-state index is 13.9. The molecular weight excluding hydrogens is 477 g/mol. The van der Waals surface area contributed by atoms with Crippen LogP contribution in [0.4, 0.5) is 19.0 Å². The van der Waals surface area contributed by atoms with Crippen molar-refractivity contribution in [3.05, 3.63) is 64.5 Å². The van der Waals surface area contributed by atoms with Gasteiger partial charge in [-0.15, -0.1) is 0 Å². The molecule has 1 aromatic carbocycles. The number of nitrogens with zero attached hydrogens (tertiary/aromatic N) is 3. The molecule has 2 atom stereocenters. The number of carbonyl (C=O) groups excluding carboxylic acids is 1. The number of carbonyl (C=O) groups is 1. The van der Waals surface area contributed by atoms with Gasteiger partial charge < -0.3 is 24.8 Å². The summed E-state index contributed by atoms with van der Waals surface area (Å²) in [5.74, 6) is 0.117. The Balaban J connectivity index is 1.51. The summed E-state index contributed by atoms with van der Waals surface area (Å²) < 4.78 is 55.7. The number of rotatable bonds is 5. The van der Waals surface area contributed by atoms with Gasteiger partial charge in [0.2, 0.25) is 0 Å². The Bertz CT molecular complexity index is 1280. The largest absolute Gasteiger partial charge is 0.417 e. The van der Waals surface area contributed by atoms with Crippen molar-refractivity contribution in [2.75, 3.05) is 26.1 Å². The maximum Gasteiger partial charge on any atom is 0.417 e. The third-order valence-corrected chi connectivity index (χ3v) is 6.69. The highest BCUT2D eigenvalue weighted by atomic mass is 19.4. The number of halogens is 3. The smallest absolute Gasteiger partial charge is 0.383 e. The van der Waals surface area contributed by atoms with E-state index < -0.39 is 17.8 Å². The van der Waals surface area contributed by atoms with Crippen LogP contribution in [0.5, 0.6) is 0 Å². The van der Waals surface area contributed by atoms with Crippen LogP contribution in [0.25, 0.3) is 10.9 Å². The van der Waals surface area contributed by atoms with Crippen molar-refractivity contribution in [3.8, 4) is 0 Å². The number of amides is 1. The molecule has 190 valence electrons. The molecule has 0 aliphatic carbocycles. The number of fused-ring (bicyclic) bond motifs is 3. The number of hydrogen-bond acceptors (Lipinski definition) is 7. The lowest BCUT2D eigenvalue weighted by Gasteiger charge is -2.39. The molecule has 0 unspecified atom stereocenters. The zero-order chi connectivity index (χ0) is 25.4. The van der Waals surface area contributed by atoms with Crippen molar-refractivity contribution in [2.45, 2.75) is 44.5 Å². The third-order valence-electron chi connectivity index (χ3n) is 6.69. The molecule has 3 aromatic rings. The fraction of sp³-hybridized carbons (Fsp3) is 0.400. The van der Waals surface area contributed by atoms with E-state index in [0.29, 0.717) is 55.4 Å². The van der Waals surface area contributed by atoms with Gasteiger partial charge in [-0.3, -0.25) is 9.78 Å². The van der Waals surface area contributed by atoms with Crippen LogP contribution in [-0.4, -0.2) is 53.2 Å². The van der Waals surface area contributed by atoms with Crippen LogP contribution in [0.15, 0.2) is 36.5 Å². The molecule has 36 heavy (non-hydrogen) atoms. The van der Waals surface area contributed by atoms with E-state index in [1.54, 1.807) is 30.2 Å². The Morgan fingerprint density at radius 3 is 2.72 bits per heavy atom. The summed E-state index contributed by atoms with van der Waals surface area (Å²) in [7, 11) is 1.54. The van der Waals surface area contributed by atoms with Crippen LogP contribution < -0.4 is 5.73 Å². The monoisotopic (exact) mass is 502 g/mol. The predicted molar refractivity (Wildman–Crippen MR) is 124 cm³/mol. The Morgan fingerprint density at radius 1 is 1.19 bits per heavy atom. The minimum absolute atomic E-state index is 0.0146. The highest BCUT2D eigenvalue weighted by molar-refractivity contribution is 5.99. The molecule has 0 radical (unpaired) electrons. The molecule has 5 rings (SSSR count). The lowest BCUT2D eigenvalue weighted by molar-refractivity contribution is -0.137. The summed E-state index contributed by atoms with van der Waals surface area (Å²) in [5, 5.41) is 0.783. The van der Waals surface area contributed by atoms with Crippen LogP contribution in [0.2, 0.25) is 0 Å². The van der Waals surface area contributed by atoms with Crippen LogP contribution in [0.1, 0.15) is 39.2 Å². The summed E-state index contributed by atoms with van der Waals surface area (Å²) in [4.78, 5) is 23.9. The highest BCUT2D eigenvalue weighted by Gasteiger charge is 2.35. The summed E-state index contributed by atoms with van der Waals surface area (Å²) >= 11 is 0. The third kappa shape index (κ3) is 4.61. The van der Waals surface area contributed by atoms with Gasteiger partial charge in [-0.1, -0.05) is 0 Å². The second-order valence-corrected chi connectivity index (χ2v) is 8.85. The quantitative estimate of drug-likeness (QED) is 0.568. The molecule has 1 amide bonds. The minimum Gasteiger partial charge on any atom is -0.383 e. The maximum absolute atomic E-state index is 13.9. The topological polar surface area (TPSA) is 99.8 Å². The molecular formula is C25H25F3N4O4. The van der Waals surface area contributed by atoms with Crippen molar-refractivity contribution in [2.24, 2.45) is 0 Å². The van der Waals surface area contributed by atoms with Gasteiger partial charge in [0.15, 0.2) is 0 Å². The highest BCUT2D eigenvalue weighted by Crippen LogP contribution is 2.33. The molecule has 2 aromatic heterocycles. The number of ether oxygens (including phenoxy) is 3. The number of hydrogen-bond donors (Lipinski definition) is 1. The van der Waals surface area contributed by atoms with E-state index in [2.05, 4.69) is 9.97 Å². The van der Waals surface area contributed by atoms with Crippen LogP contribution in [0, 0.1) is 0 Å². The Labute approximate surface area is 205 Å². The molecule has 2 N–H and O–H groups in total. The van der Waals surface area contributed by atoms with Crippen molar-refractivity contribution in [3.63, 3.8) is 0 Å². The van der Waals surface area contributed by atoms with E-state index in [0.717, 1.165) is 28.8 Å². The van der Waals surface area contributed by atoms with Gasteiger partial charge in [-0.05, 0) is 42.3 Å². The van der Waals surface area contributed by atoms with Gasteiger partial charge in [0.1, 0.15) is 11.9 Å². The summed E-state index contributed by atoms with van der Waals surface area (Å²) in [5.41, 5.74) is 8.35. The molecule has 2 aliphatic rings. The molecule has 4 heterocycles. The first-order chi connectivity index (χ1) is 17.3. The standard InChI is InChI=1S/C25H25F3N4O4/c1-34-22-13-35-7-6-21(22)32(10-16-4-3-15(9-30-16)25(26,27)28)24(33)14-2-5-20-17(8-14)18-11-36-12-19(18)23(29)31-20/h2-5,8-9,21-22H,6-7,10-13H2,1H3,(H2,29,31)/t21-,22-/m1/s1. The van der Waals surface area contributed by atoms with Crippen LogP contribution in [-0.2, 0) is 40.1 Å². The lowest BCUT2D eigenvalue weighted by Crippen LogP contribution is -2.52. The summed E-state index contributed by atoms with van der Waals surface area (Å²) in [6, 6.07) is 7.10. The van der Waals surface area contributed by atoms with E-state index in [4.69, 9.17) is 19.9 Å². The SMILES string of the molecule is CO[C@@H]1COCC[C@H]1N(Cc1ccc(C(F)(F)F)cn1)C(=O)c1ccc2nc(N)c3c(c2c1)COC3. The number of nitrogens with two attached hydrogens (primary N) is 1. The first-order valence-corrected chi connectivity index (χ1v) is 11.5. The van der Waals surface area contributed by atoms with E-state index in [-0.39, 0.29) is 18.5 Å². The average Bonchev–Trinajstić information content (AvgIpc) is 3.38. The zero-order valence-electron chi connectivity index (χ0n) is 19.5. The van der Waals surface area contributed by atoms with Gasteiger partial charge in [0, 0.05) is 36.4 Å². The number of nitrogen functional groups attached to an aromatic ring is 1. The van der Waals surface area contributed by atoms with Crippen molar-refractivity contribution < 1.29 is 32.2 Å². The number of benzene rings is 1. The number of anilines is 1. The number of methoxy groups -OCH3 is 1. The lowest BCUT2D eigenvalue weighted by atomic mass is 9.99. The van der Waals surface area contributed by atoms with Crippen LogP contribution >= 0.6 is 0 Å². The molecule has 8 nitrogen and oxygen atoms in total. The fourth-order valence-electron chi connectivity index (χ4n) is 4.75. The van der Waals surface area contributed by atoms with E-state index in [1.165, 1.54) is 6.07 Å². The number of alkyl halides is 3. The van der Waals surface area contributed by atoms with Gasteiger partial charge in [0.25, 0.3) is 5.91 Å². The summed E-state index contributed by atoms with van der Waals surface area (Å²) in [6.45, 7) is 1.49. The number of aromatic nitrogens is 2. The van der Waals surface area contributed by atoms with Gasteiger partial charge in [-0.25, -0.2) is 4.98 Å². The Kier molecular flexibility index (Phi) is 6.54. The Hall–Kier alpha value is -3.28. The zero-order valence-corrected chi connectivity index (χ0v) is 19.5. The minimum atomic E-state index is -4.49. The van der Waals surface area contributed by atoms with E-state index in [9.17, 15) is 18.0 Å². The van der Waals surface area contributed by atoms with Crippen molar-refractivity contribution in [1.29, 1.82) is 0 Å². The van der Waals surface area contributed by atoms with E-state index in [1.807, 2.05) is 0 Å². The number of pyridine rings is 2. The molecule has 11 heteroatoms. The molecule has 0 saturated carbocycles. The van der Waals surface area contributed by atoms with Gasteiger partial charge in [0.05, 0.1) is 49.2 Å².